The van der Waals surface area contributed by atoms with Gasteiger partial charge in [0.05, 0.1) is 17.4 Å². The van der Waals surface area contributed by atoms with Crippen LogP contribution < -0.4 is 5.32 Å². The third kappa shape index (κ3) is 2.60. The molecule has 1 unspecified atom stereocenters. The first-order valence-electron chi connectivity index (χ1n) is 8.28. The SMILES string of the molecule is CCc1nnc(NC2CCCc3c2cc(C)n3C)nc1CC. The topological polar surface area (TPSA) is 55.6 Å². The molecule has 0 fully saturated rings. The first-order chi connectivity index (χ1) is 10.6. The van der Waals surface area contributed by atoms with Crippen molar-refractivity contribution in [2.75, 3.05) is 5.32 Å². The van der Waals surface area contributed by atoms with E-state index in [0.29, 0.717) is 12.0 Å². The molecule has 118 valence electrons. The largest absolute Gasteiger partial charge is 0.352 e. The second-order valence-electron chi connectivity index (χ2n) is 6.07. The molecule has 2 heterocycles. The Balaban J connectivity index is 1.87. The molecule has 0 aromatic carbocycles. The molecule has 1 aliphatic rings. The van der Waals surface area contributed by atoms with Crippen LogP contribution in [0, 0.1) is 6.92 Å². The van der Waals surface area contributed by atoms with E-state index >= 15 is 0 Å². The molecule has 5 heteroatoms. The van der Waals surface area contributed by atoms with Crippen molar-refractivity contribution in [1.82, 2.24) is 19.7 Å². The fourth-order valence-corrected chi connectivity index (χ4v) is 3.36. The van der Waals surface area contributed by atoms with Gasteiger partial charge in [0.25, 0.3) is 0 Å². The lowest BCUT2D eigenvalue weighted by Crippen LogP contribution is -2.20. The summed E-state index contributed by atoms with van der Waals surface area (Å²) >= 11 is 0. The summed E-state index contributed by atoms with van der Waals surface area (Å²) in [5.74, 6) is 0.661. The first-order valence-corrected chi connectivity index (χ1v) is 8.28. The second-order valence-corrected chi connectivity index (χ2v) is 6.07. The Kier molecular flexibility index (Phi) is 4.14. The molecule has 2 aromatic rings. The summed E-state index contributed by atoms with van der Waals surface area (Å²) in [6, 6.07) is 2.59. The minimum atomic E-state index is 0.294. The van der Waals surface area contributed by atoms with E-state index in [9.17, 15) is 0 Å². The molecule has 2 aromatic heterocycles. The summed E-state index contributed by atoms with van der Waals surface area (Å²) in [5.41, 5.74) is 6.21. The lowest BCUT2D eigenvalue weighted by Gasteiger charge is -2.24. The maximum absolute atomic E-state index is 4.67. The number of aromatic nitrogens is 4. The molecular weight excluding hydrogens is 274 g/mol. The van der Waals surface area contributed by atoms with Gasteiger partial charge < -0.3 is 9.88 Å². The molecule has 0 spiro atoms. The minimum absolute atomic E-state index is 0.294. The molecule has 0 saturated carbocycles. The van der Waals surface area contributed by atoms with E-state index in [1.54, 1.807) is 0 Å². The highest BCUT2D eigenvalue weighted by molar-refractivity contribution is 5.39. The maximum atomic E-state index is 4.67. The maximum Gasteiger partial charge on any atom is 0.243 e. The highest BCUT2D eigenvalue weighted by Gasteiger charge is 2.24. The van der Waals surface area contributed by atoms with Crippen LogP contribution in [0.5, 0.6) is 0 Å². The van der Waals surface area contributed by atoms with Crippen LogP contribution in [0.2, 0.25) is 0 Å². The third-order valence-corrected chi connectivity index (χ3v) is 4.73. The van der Waals surface area contributed by atoms with Crippen molar-refractivity contribution >= 4 is 5.95 Å². The normalized spacial score (nSPS) is 17.4. The van der Waals surface area contributed by atoms with E-state index < -0.39 is 0 Å². The van der Waals surface area contributed by atoms with Crippen LogP contribution in [0.25, 0.3) is 0 Å². The summed E-state index contributed by atoms with van der Waals surface area (Å²) in [5, 5.41) is 12.1. The Morgan fingerprint density at radius 3 is 2.73 bits per heavy atom. The van der Waals surface area contributed by atoms with E-state index in [2.05, 4.69) is 59.0 Å². The van der Waals surface area contributed by atoms with Crippen LogP contribution in [-0.2, 0) is 26.3 Å². The molecule has 1 aliphatic carbocycles. The van der Waals surface area contributed by atoms with Crippen LogP contribution in [0.15, 0.2) is 6.07 Å². The number of hydrogen-bond acceptors (Lipinski definition) is 4. The van der Waals surface area contributed by atoms with Gasteiger partial charge in [-0.25, -0.2) is 4.98 Å². The van der Waals surface area contributed by atoms with E-state index in [-0.39, 0.29) is 0 Å². The van der Waals surface area contributed by atoms with Crippen molar-refractivity contribution in [2.45, 2.75) is 58.9 Å². The number of anilines is 1. The van der Waals surface area contributed by atoms with Gasteiger partial charge in [0, 0.05) is 18.4 Å². The molecule has 22 heavy (non-hydrogen) atoms. The van der Waals surface area contributed by atoms with Crippen molar-refractivity contribution in [3.8, 4) is 0 Å². The quantitative estimate of drug-likeness (QED) is 0.942. The van der Waals surface area contributed by atoms with Crippen LogP contribution >= 0.6 is 0 Å². The predicted molar refractivity (Wildman–Crippen MR) is 88.0 cm³/mol. The molecule has 0 aliphatic heterocycles. The van der Waals surface area contributed by atoms with E-state index in [1.807, 2.05) is 0 Å². The third-order valence-electron chi connectivity index (χ3n) is 4.73. The van der Waals surface area contributed by atoms with Gasteiger partial charge in [-0.3, -0.25) is 0 Å². The van der Waals surface area contributed by atoms with E-state index in [4.69, 9.17) is 0 Å². The lowest BCUT2D eigenvalue weighted by molar-refractivity contribution is 0.573. The van der Waals surface area contributed by atoms with Gasteiger partial charge in [-0.05, 0) is 50.7 Å². The van der Waals surface area contributed by atoms with Gasteiger partial charge in [-0.15, -0.1) is 5.10 Å². The Bertz CT molecular complexity index is 674. The summed E-state index contributed by atoms with van der Waals surface area (Å²) in [4.78, 5) is 4.67. The lowest BCUT2D eigenvalue weighted by atomic mass is 9.93. The average Bonchev–Trinajstić information content (AvgIpc) is 2.83. The van der Waals surface area contributed by atoms with Gasteiger partial charge >= 0.3 is 0 Å². The van der Waals surface area contributed by atoms with Crippen molar-refractivity contribution in [2.24, 2.45) is 7.05 Å². The predicted octanol–water partition coefficient (Wildman–Crippen LogP) is 3.13. The molecule has 0 bridgehead atoms. The molecule has 5 nitrogen and oxygen atoms in total. The Labute approximate surface area is 132 Å². The zero-order valence-electron chi connectivity index (χ0n) is 14.0. The van der Waals surface area contributed by atoms with Gasteiger partial charge in [0.15, 0.2) is 0 Å². The van der Waals surface area contributed by atoms with Crippen LogP contribution in [0.1, 0.15) is 61.1 Å². The molecular formula is C17H25N5. The zero-order chi connectivity index (χ0) is 15.7. The van der Waals surface area contributed by atoms with E-state index in [0.717, 1.165) is 37.1 Å². The Morgan fingerprint density at radius 1 is 1.23 bits per heavy atom. The summed E-state index contributed by atoms with van der Waals surface area (Å²) in [6.45, 7) is 6.38. The second kappa shape index (κ2) is 6.07. The first kappa shape index (κ1) is 15.0. The van der Waals surface area contributed by atoms with Crippen molar-refractivity contribution in [3.63, 3.8) is 0 Å². The summed E-state index contributed by atoms with van der Waals surface area (Å²) in [6.07, 6.45) is 5.26. The number of nitrogens with one attached hydrogen (secondary N) is 1. The highest BCUT2D eigenvalue weighted by Crippen LogP contribution is 2.33. The summed E-state index contributed by atoms with van der Waals surface area (Å²) in [7, 11) is 2.15. The number of hydrogen-bond donors (Lipinski definition) is 1. The number of aryl methyl sites for hydroxylation is 3. The highest BCUT2D eigenvalue weighted by atomic mass is 15.2. The number of nitrogens with zero attached hydrogens (tertiary/aromatic N) is 4. The van der Waals surface area contributed by atoms with Gasteiger partial charge in [-0.1, -0.05) is 13.8 Å². The monoisotopic (exact) mass is 299 g/mol. The standard InChI is InChI=1S/C17H25N5/c1-5-13-14(6-2)20-21-17(18-13)19-15-8-7-9-16-12(15)10-11(3)22(16)4/h10,15H,5-9H2,1-4H3,(H,18,19,21). The van der Waals surface area contributed by atoms with Gasteiger partial charge in [0.1, 0.15) is 0 Å². The summed E-state index contributed by atoms with van der Waals surface area (Å²) < 4.78 is 2.31. The molecule has 1 atom stereocenters. The molecule has 1 N–H and O–H groups in total. The Morgan fingerprint density at radius 2 is 2.00 bits per heavy atom. The van der Waals surface area contributed by atoms with E-state index in [1.165, 1.54) is 23.4 Å². The van der Waals surface area contributed by atoms with Crippen molar-refractivity contribution in [3.05, 3.63) is 34.4 Å². The smallest absolute Gasteiger partial charge is 0.243 e. The fraction of sp³-hybridized carbons (Fsp3) is 0.588. The number of fused-ring (bicyclic) bond motifs is 1. The molecule has 0 saturated heterocycles. The van der Waals surface area contributed by atoms with Crippen LogP contribution in [0.3, 0.4) is 0 Å². The van der Waals surface area contributed by atoms with Crippen molar-refractivity contribution in [1.29, 1.82) is 0 Å². The van der Waals surface area contributed by atoms with Crippen molar-refractivity contribution < 1.29 is 0 Å². The Hall–Kier alpha value is -1.91. The van der Waals surface area contributed by atoms with Crippen LogP contribution in [-0.4, -0.2) is 19.7 Å². The van der Waals surface area contributed by atoms with Gasteiger partial charge in [-0.2, -0.15) is 5.10 Å². The molecule has 0 amide bonds. The fourth-order valence-electron chi connectivity index (χ4n) is 3.36. The number of rotatable bonds is 4. The molecule has 0 radical (unpaired) electrons. The zero-order valence-corrected chi connectivity index (χ0v) is 14.0. The minimum Gasteiger partial charge on any atom is -0.352 e. The average molecular weight is 299 g/mol. The van der Waals surface area contributed by atoms with Crippen LogP contribution in [0.4, 0.5) is 5.95 Å². The molecule has 3 rings (SSSR count). The van der Waals surface area contributed by atoms with Gasteiger partial charge in [0.2, 0.25) is 5.95 Å².